The molecule has 0 bridgehead atoms. The van der Waals surface area contributed by atoms with Gasteiger partial charge in [-0.1, -0.05) is 6.07 Å². The summed E-state index contributed by atoms with van der Waals surface area (Å²) < 4.78 is 0. The first-order valence-corrected chi connectivity index (χ1v) is 6.47. The van der Waals surface area contributed by atoms with Gasteiger partial charge in [-0.2, -0.15) is 0 Å². The Bertz CT molecular complexity index is 368. The van der Waals surface area contributed by atoms with Crippen LogP contribution in [0.5, 0.6) is 0 Å². The minimum Gasteiger partial charge on any atom is -0.352 e. The molecule has 2 heterocycles. The van der Waals surface area contributed by atoms with E-state index in [1.54, 1.807) is 0 Å². The molecule has 3 heteroatoms. The third kappa shape index (κ3) is 2.78. The van der Waals surface area contributed by atoms with Crippen molar-refractivity contribution in [2.75, 3.05) is 11.4 Å². The van der Waals surface area contributed by atoms with Gasteiger partial charge in [0.1, 0.15) is 5.82 Å². The summed E-state index contributed by atoms with van der Waals surface area (Å²) in [6.07, 6.45) is 5.37. The van der Waals surface area contributed by atoms with Crippen molar-refractivity contribution < 1.29 is 0 Å². The van der Waals surface area contributed by atoms with Crippen molar-refractivity contribution in [3.63, 3.8) is 0 Å². The van der Waals surface area contributed by atoms with Gasteiger partial charge in [-0.25, -0.2) is 4.98 Å². The van der Waals surface area contributed by atoms with E-state index in [0.717, 1.165) is 18.8 Å². The van der Waals surface area contributed by atoms with Crippen LogP contribution in [0, 0.1) is 0 Å². The van der Waals surface area contributed by atoms with Crippen molar-refractivity contribution in [3.8, 4) is 0 Å². The number of aromatic nitrogens is 1. The summed E-state index contributed by atoms with van der Waals surface area (Å²) in [4.78, 5) is 6.99. The molecule has 0 radical (unpaired) electrons. The summed E-state index contributed by atoms with van der Waals surface area (Å²) in [7, 11) is 0. The molecule has 94 valence electrons. The van der Waals surface area contributed by atoms with Gasteiger partial charge in [0.05, 0.1) is 0 Å². The van der Waals surface area contributed by atoms with Crippen molar-refractivity contribution in [2.24, 2.45) is 5.73 Å². The molecule has 1 aliphatic heterocycles. The smallest absolute Gasteiger partial charge is 0.128 e. The SMILES string of the molecule is CC(N)Cc1ccc(N2CCCC2(C)C)nc1. The van der Waals surface area contributed by atoms with Gasteiger partial charge >= 0.3 is 0 Å². The van der Waals surface area contributed by atoms with Crippen molar-refractivity contribution in [1.82, 2.24) is 4.98 Å². The zero-order valence-corrected chi connectivity index (χ0v) is 11.1. The molecule has 0 aliphatic carbocycles. The second-order valence-corrected chi connectivity index (χ2v) is 5.77. The van der Waals surface area contributed by atoms with Gasteiger partial charge in [0.15, 0.2) is 0 Å². The average Bonchev–Trinajstić information content (AvgIpc) is 2.58. The Balaban J connectivity index is 2.12. The van der Waals surface area contributed by atoms with Crippen LogP contribution in [0.3, 0.4) is 0 Å². The maximum absolute atomic E-state index is 5.79. The molecule has 3 nitrogen and oxygen atoms in total. The molecule has 1 aliphatic rings. The second kappa shape index (κ2) is 4.65. The summed E-state index contributed by atoms with van der Waals surface area (Å²) in [5, 5.41) is 0. The second-order valence-electron chi connectivity index (χ2n) is 5.77. The number of nitrogens with zero attached hydrogens (tertiary/aromatic N) is 2. The van der Waals surface area contributed by atoms with E-state index >= 15 is 0 Å². The van der Waals surface area contributed by atoms with Gasteiger partial charge in [0, 0.05) is 24.3 Å². The van der Waals surface area contributed by atoms with Crippen LogP contribution in [0.1, 0.15) is 39.2 Å². The Morgan fingerprint density at radius 2 is 2.24 bits per heavy atom. The molecule has 17 heavy (non-hydrogen) atoms. The standard InChI is InChI=1S/C14H23N3/c1-11(15)9-12-5-6-13(16-10-12)17-8-4-7-14(17,2)3/h5-6,10-11H,4,7-9,15H2,1-3H3. The maximum Gasteiger partial charge on any atom is 0.128 e. The first-order valence-electron chi connectivity index (χ1n) is 6.47. The predicted molar refractivity (Wildman–Crippen MR) is 72.2 cm³/mol. The van der Waals surface area contributed by atoms with E-state index in [1.807, 2.05) is 13.1 Å². The zero-order valence-electron chi connectivity index (χ0n) is 11.1. The fourth-order valence-corrected chi connectivity index (χ4v) is 2.60. The number of rotatable bonds is 3. The van der Waals surface area contributed by atoms with Crippen molar-refractivity contribution in [2.45, 2.75) is 51.6 Å². The molecule has 1 fully saturated rings. The van der Waals surface area contributed by atoms with Crippen LogP contribution in [-0.2, 0) is 6.42 Å². The van der Waals surface area contributed by atoms with Crippen molar-refractivity contribution >= 4 is 5.82 Å². The number of anilines is 1. The van der Waals surface area contributed by atoms with E-state index in [0.29, 0.717) is 0 Å². The topological polar surface area (TPSA) is 42.1 Å². The van der Waals surface area contributed by atoms with Gasteiger partial charge in [0.2, 0.25) is 0 Å². The fraction of sp³-hybridized carbons (Fsp3) is 0.643. The number of pyridine rings is 1. The summed E-state index contributed by atoms with van der Waals surface area (Å²) in [5.41, 5.74) is 7.26. The first-order chi connectivity index (χ1) is 7.99. The Morgan fingerprint density at radius 1 is 1.47 bits per heavy atom. The van der Waals surface area contributed by atoms with E-state index in [-0.39, 0.29) is 11.6 Å². The monoisotopic (exact) mass is 233 g/mol. The van der Waals surface area contributed by atoms with Crippen LogP contribution in [0.25, 0.3) is 0 Å². The lowest BCUT2D eigenvalue weighted by atomic mass is 10.0. The van der Waals surface area contributed by atoms with Crippen LogP contribution in [0.4, 0.5) is 5.82 Å². The molecule has 0 amide bonds. The zero-order chi connectivity index (χ0) is 12.5. The van der Waals surface area contributed by atoms with Crippen molar-refractivity contribution in [3.05, 3.63) is 23.9 Å². The van der Waals surface area contributed by atoms with E-state index in [2.05, 4.69) is 35.9 Å². The van der Waals surface area contributed by atoms with Gasteiger partial charge in [-0.15, -0.1) is 0 Å². The quantitative estimate of drug-likeness (QED) is 0.871. The van der Waals surface area contributed by atoms with Gasteiger partial charge in [0.25, 0.3) is 0 Å². The fourth-order valence-electron chi connectivity index (χ4n) is 2.60. The Kier molecular flexibility index (Phi) is 3.38. The first kappa shape index (κ1) is 12.4. The van der Waals surface area contributed by atoms with Gasteiger partial charge in [-0.3, -0.25) is 0 Å². The van der Waals surface area contributed by atoms with Crippen molar-refractivity contribution in [1.29, 1.82) is 0 Å². The van der Waals surface area contributed by atoms with Crippen LogP contribution in [0.2, 0.25) is 0 Å². The van der Waals surface area contributed by atoms with Crippen LogP contribution in [-0.4, -0.2) is 23.1 Å². The third-order valence-corrected chi connectivity index (χ3v) is 3.54. The molecule has 1 atom stereocenters. The Morgan fingerprint density at radius 3 is 2.71 bits per heavy atom. The molecule has 2 rings (SSSR count). The Labute approximate surface area is 104 Å². The molecule has 1 aromatic heterocycles. The van der Waals surface area contributed by atoms with Crippen LogP contribution >= 0.6 is 0 Å². The van der Waals surface area contributed by atoms with E-state index in [4.69, 9.17) is 5.73 Å². The molecule has 0 spiro atoms. The minimum absolute atomic E-state index is 0.200. The summed E-state index contributed by atoms with van der Waals surface area (Å²) in [6, 6.07) is 4.48. The third-order valence-electron chi connectivity index (χ3n) is 3.54. The molecule has 0 saturated carbocycles. The molecule has 2 N–H and O–H groups in total. The number of hydrogen-bond acceptors (Lipinski definition) is 3. The van der Waals surface area contributed by atoms with Crippen LogP contribution < -0.4 is 10.6 Å². The molecular weight excluding hydrogens is 210 g/mol. The summed E-state index contributed by atoms with van der Waals surface area (Å²) in [5.74, 6) is 1.10. The molecule has 1 saturated heterocycles. The lowest BCUT2D eigenvalue weighted by molar-refractivity contribution is 0.514. The number of nitrogens with two attached hydrogens (primary N) is 1. The highest BCUT2D eigenvalue weighted by molar-refractivity contribution is 5.43. The minimum atomic E-state index is 0.200. The lowest BCUT2D eigenvalue weighted by Crippen LogP contribution is -2.38. The predicted octanol–water partition coefficient (Wildman–Crippen LogP) is 2.35. The van der Waals surface area contributed by atoms with Gasteiger partial charge in [-0.05, 0) is 51.7 Å². The van der Waals surface area contributed by atoms with Crippen LogP contribution in [0.15, 0.2) is 18.3 Å². The summed E-state index contributed by atoms with van der Waals surface area (Å²) >= 11 is 0. The maximum atomic E-state index is 5.79. The highest BCUT2D eigenvalue weighted by Gasteiger charge is 2.32. The lowest BCUT2D eigenvalue weighted by Gasteiger charge is -2.32. The molecular formula is C14H23N3. The van der Waals surface area contributed by atoms with E-state index in [1.165, 1.54) is 18.4 Å². The van der Waals surface area contributed by atoms with E-state index in [9.17, 15) is 0 Å². The molecule has 1 aromatic rings. The Hall–Kier alpha value is -1.09. The molecule has 1 unspecified atom stereocenters. The highest BCUT2D eigenvalue weighted by Crippen LogP contribution is 2.32. The normalized spacial score (nSPS) is 20.6. The largest absolute Gasteiger partial charge is 0.352 e. The summed E-state index contributed by atoms with van der Waals surface area (Å²) in [6.45, 7) is 7.72. The number of hydrogen-bond donors (Lipinski definition) is 1. The van der Waals surface area contributed by atoms with Gasteiger partial charge < -0.3 is 10.6 Å². The highest BCUT2D eigenvalue weighted by atomic mass is 15.3. The molecule has 0 aromatic carbocycles. The average molecular weight is 233 g/mol. The van der Waals surface area contributed by atoms with E-state index < -0.39 is 0 Å².